The third-order valence-electron chi connectivity index (χ3n) is 2.88. The number of hydrogen-bond donors (Lipinski definition) is 4. The molecule has 0 radical (unpaired) electrons. The molecule has 102 valence electrons. The molecule has 0 spiro atoms. The van der Waals surface area contributed by atoms with E-state index in [0.717, 1.165) is 0 Å². The standard InChI is InChI=1S/C10H17N3O5/c11-6(5-7(12)14)8(15)13-10(9(16)17)1-3-18-4-2-10/h6H,1-5,11H2,(H2,12,14)(H,13,15)(H,16,17). The van der Waals surface area contributed by atoms with E-state index < -0.39 is 29.4 Å². The van der Waals surface area contributed by atoms with E-state index in [9.17, 15) is 19.5 Å². The van der Waals surface area contributed by atoms with Crippen LogP contribution in [0.1, 0.15) is 19.3 Å². The van der Waals surface area contributed by atoms with Crippen LogP contribution in [-0.2, 0) is 19.1 Å². The van der Waals surface area contributed by atoms with Gasteiger partial charge in [0.05, 0.1) is 12.5 Å². The number of amides is 2. The Bertz CT molecular complexity index is 351. The average molecular weight is 259 g/mol. The normalized spacial score (nSPS) is 19.8. The predicted octanol–water partition coefficient (Wildman–Crippen LogP) is -2.06. The van der Waals surface area contributed by atoms with Gasteiger partial charge in [-0.2, -0.15) is 0 Å². The smallest absolute Gasteiger partial charge is 0.329 e. The summed E-state index contributed by atoms with van der Waals surface area (Å²) in [6.07, 6.45) is 0.00671. The minimum atomic E-state index is -1.37. The van der Waals surface area contributed by atoms with E-state index in [-0.39, 0.29) is 32.5 Å². The monoisotopic (exact) mass is 259 g/mol. The molecule has 0 aromatic rings. The summed E-state index contributed by atoms with van der Waals surface area (Å²) in [5, 5.41) is 11.6. The highest BCUT2D eigenvalue weighted by atomic mass is 16.5. The van der Waals surface area contributed by atoms with Crippen molar-refractivity contribution in [3.8, 4) is 0 Å². The van der Waals surface area contributed by atoms with E-state index in [1.54, 1.807) is 0 Å². The van der Waals surface area contributed by atoms with Gasteiger partial charge in [-0.3, -0.25) is 9.59 Å². The van der Waals surface area contributed by atoms with E-state index in [1.807, 2.05) is 0 Å². The SMILES string of the molecule is NC(=O)CC(N)C(=O)NC1(C(=O)O)CCOCC1. The number of carboxylic acid groups (broad SMARTS) is 1. The zero-order valence-corrected chi connectivity index (χ0v) is 9.85. The van der Waals surface area contributed by atoms with Gasteiger partial charge in [-0.05, 0) is 0 Å². The van der Waals surface area contributed by atoms with Crippen molar-refractivity contribution in [1.82, 2.24) is 5.32 Å². The van der Waals surface area contributed by atoms with Gasteiger partial charge in [0.15, 0.2) is 0 Å². The Kier molecular flexibility index (Phi) is 4.62. The maximum absolute atomic E-state index is 11.7. The Labute approximate surface area is 104 Å². The first-order valence-electron chi connectivity index (χ1n) is 5.54. The summed E-state index contributed by atoms with van der Waals surface area (Å²) >= 11 is 0. The Hall–Kier alpha value is -1.67. The van der Waals surface area contributed by atoms with Gasteiger partial charge in [0.25, 0.3) is 0 Å². The topological polar surface area (TPSA) is 145 Å². The molecule has 1 saturated heterocycles. The molecule has 0 bridgehead atoms. The molecule has 1 heterocycles. The quantitative estimate of drug-likeness (QED) is 0.446. The molecule has 1 aliphatic rings. The largest absolute Gasteiger partial charge is 0.480 e. The molecule has 18 heavy (non-hydrogen) atoms. The summed E-state index contributed by atoms with van der Waals surface area (Å²) in [4.78, 5) is 33.6. The van der Waals surface area contributed by atoms with Crippen molar-refractivity contribution >= 4 is 17.8 Å². The summed E-state index contributed by atoms with van der Waals surface area (Å²) in [6.45, 7) is 0.495. The average Bonchev–Trinajstić information content (AvgIpc) is 2.29. The zero-order chi connectivity index (χ0) is 13.8. The van der Waals surface area contributed by atoms with Crippen LogP contribution in [0.15, 0.2) is 0 Å². The van der Waals surface area contributed by atoms with E-state index >= 15 is 0 Å². The third kappa shape index (κ3) is 3.41. The molecule has 1 atom stereocenters. The van der Waals surface area contributed by atoms with Crippen molar-refractivity contribution in [2.75, 3.05) is 13.2 Å². The molecule has 0 saturated carbocycles. The molecular weight excluding hydrogens is 242 g/mol. The summed E-state index contributed by atoms with van der Waals surface area (Å²) in [6, 6.07) is -1.14. The number of ether oxygens (including phenoxy) is 1. The van der Waals surface area contributed by atoms with Gasteiger partial charge in [0, 0.05) is 26.1 Å². The van der Waals surface area contributed by atoms with Gasteiger partial charge in [-0.15, -0.1) is 0 Å². The Morgan fingerprint density at radius 2 is 1.89 bits per heavy atom. The van der Waals surface area contributed by atoms with Crippen LogP contribution in [0.25, 0.3) is 0 Å². The maximum atomic E-state index is 11.7. The first-order valence-corrected chi connectivity index (χ1v) is 5.54. The molecule has 1 fully saturated rings. The number of carbonyl (C=O) groups excluding carboxylic acids is 2. The lowest BCUT2D eigenvalue weighted by atomic mass is 9.89. The molecule has 0 aliphatic carbocycles. The number of aliphatic carboxylic acids is 1. The van der Waals surface area contributed by atoms with Crippen molar-refractivity contribution in [2.45, 2.75) is 30.8 Å². The molecule has 0 aromatic heterocycles. The van der Waals surface area contributed by atoms with Crippen molar-refractivity contribution in [3.63, 3.8) is 0 Å². The summed E-state index contributed by atoms with van der Waals surface area (Å²) in [7, 11) is 0. The molecule has 8 nitrogen and oxygen atoms in total. The molecule has 2 amide bonds. The van der Waals surface area contributed by atoms with Gasteiger partial charge < -0.3 is 26.6 Å². The van der Waals surface area contributed by atoms with Crippen LogP contribution in [0.5, 0.6) is 0 Å². The summed E-state index contributed by atoms with van der Waals surface area (Å²) in [5.74, 6) is -2.54. The molecular formula is C10H17N3O5. The number of nitrogens with two attached hydrogens (primary N) is 2. The molecule has 6 N–H and O–H groups in total. The lowest BCUT2D eigenvalue weighted by molar-refractivity contribution is -0.152. The van der Waals surface area contributed by atoms with Gasteiger partial charge in [-0.25, -0.2) is 4.79 Å². The van der Waals surface area contributed by atoms with Crippen LogP contribution in [0.3, 0.4) is 0 Å². The van der Waals surface area contributed by atoms with E-state index in [4.69, 9.17) is 16.2 Å². The lowest BCUT2D eigenvalue weighted by Crippen LogP contribution is -2.60. The fourth-order valence-corrected chi connectivity index (χ4v) is 1.75. The first kappa shape index (κ1) is 14.4. The van der Waals surface area contributed by atoms with E-state index in [0.29, 0.717) is 0 Å². The second kappa shape index (κ2) is 5.78. The molecule has 8 heteroatoms. The zero-order valence-electron chi connectivity index (χ0n) is 9.85. The van der Waals surface area contributed by atoms with Gasteiger partial charge in [0.2, 0.25) is 11.8 Å². The minimum absolute atomic E-state index is 0.164. The highest BCUT2D eigenvalue weighted by Crippen LogP contribution is 2.21. The third-order valence-corrected chi connectivity index (χ3v) is 2.88. The second-order valence-corrected chi connectivity index (χ2v) is 4.27. The van der Waals surface area contributed by atoms with Crippen molar-refractivity contribution in [2.24, 2.45) is 11.5 Å². The van der Waals surface area contributed by atoms with Gasteiger partial charge in [-0.1, -0.05) is 0 Å². The van der Waals surface area contributed by atoms with Crippen molar-refractivity contribution in [3.05, 3.63) is 0 Å². The fraction of sp³-hybridized carbons (Fsp3) is 0.700. The van der Waals surface area contributed by atoms with Crippen molar-refractivity contribution in [1.29, 1.82) is 0 Å². The van der Waals surface area contributed by atoms with Crippen LogP contribution in [0, 0.1) is 0 Å². The van der Waals surface area contributed by atoms with Crippen LogP contribution < -0.4 is 16.8 Å². The minimum Gasteiger partial charge on any atom is -0.480 e. The molecule has 1 rings (SSSR count). The fourth-order valence-electron chi connectivity index (χ4n) is 1.75. The molecule has 1 unspecified atom stereocenters. The summed E-state index contributed by atoms with van der Waals surface area (Å²) in [5.41, 5.74) is 9.01. The van der Waals surface area contributed by atoms with Crippen LogP contribution >= 0.6 is 0 Å². The Balaban J connectivity index is 2.69. The number of primary amides is 1. The number of carboxylic acids is 1. The number of rotatable bonds is 5. The maximum Gasteiger partial charge on any atom is 0.329 e. The number of carbonyl (C=O) groups is 3. The Morgan fingerprint density at radius 1 is 1.33 bits per heavy atom. The predicted molar refractivity (Wildman–Crippen MR) is 60.3 cm³/mol. The van der Waals surface area contributed by atoms with Crippen molar-refractivity contribution < 1.29 is 24.2 Å². The lowest BCUT2D eigenvalue weighted by Gasteiger charge is -2.34. The van der Waals surface area contributed by atoms with Crippen LogP contribution in [0.2, 0.25) is 0 Å². The number of hydrogen-bond acceptors (Lipinski definition) is 5. The molecule has 1 aliphatic heterocycles. The van der Waals surface area contributed by atoms with Crippen LogP contribution in [-0.4, -0.2) is 47.7 Å². The summed E-state index contributed by atoms with van der Waals surface area (Å²) < 4.78 is 5.06. The molecule has 0 aromatic carbocycles. The number of nitrogens with one attached hydrogen (secondary N) is 1. The first-order chi connectivity index (χ1) is 8.37. The van der Waals surface area contributed by atoms with E-state index in [2.05, 4.69) is 5.32 Å². The van der Waals surface area contributed by atoms with Gasteiger partial charge in [0.1, 0.15) is 5.54 Å². The van der Waals surface area contributed by atoms with Gasteiger partial charge >= 0.3 is 5.97 Å². The second-order valence-electron chi connectivity index (χ2n) is 4.27. The van der Waals surface area contributed by atoms with E-state index in [1.165, 1.54) is 0 Å². The van der Waals surface area contributed by atoms with Crippen LogP contribution in [0.4, 0.5) is 0 Å². The highest BCUT2D eigenvalue weighted by molar-refractivity contribution is 5.92. The highest BCUT2D eigenvalue weighted by Gasteiger charge is 2.42. The Morgan fingerprint density at radius 3 is 2.33 bits per heavy atom.